The van der Waals surface area contributed by atoms with Gasteiger partial charge in [-0.3, -0.25) is 19.7 Å². The number of aliphatic carboxylic acids is 1. The van der Waals surface area contributed by atoms with Gasteiger partial charge in [0, 0.05) is 18.4 Å². The number of hydrogen-bond acceptors (Lipinski definition) is 4. The standard InChI is InChI=1S/C12H21N3O5/c1-12(2,3)15-9(17)7-13-11(20)14-8(16)5-4-6-10(18)19/h4-7H2,1-3H3,(H,15,17)(H,18,19)(H2,13,14,16,20). The smallest absolute Gasteiger partial charge is 0.321 e. The molecule has 0 heterocycles. The van der Waals surface area contributed by atoms with Gasteiger partial charge in [-0.1, -0.05) is 0 Å². The molecule has 4 N–H and O–H groups in total. The van der Waals surface area contributed by atoms with Crippen LogP contribution in [-0.4, -0.2) is 41.0 Å². The second-order valence-electron chi connectivity index (χ2n) is 5.28. The van der Waals surface area contributed by atoms with Gasteiger partial charge < -0.3 is 15.7 Å². The van der Waals surface area contributed by atoms with Crippen LogP contribution in [0.25, 0.3) is 0 Å². The minimum absolute atomic E-state index is 0.0616. The highest BCUT2D eigenvalue weighted by Gasteiger charge is 2.14. The van der Waals surface area contributed by atoms with Crippen LogP contribution in [-0.2, 0) is 14.4 Å². The van der Waals surface area contributed by atoms with E-state index in [0.29, 0.717) is 0 Å². The van der Waals surface area contributed by atoms with Crippen LogP contribution >= 0.6 is 0 Å². The molecule has 0 saturated carbocycles. The molecular weight excluding hydrogens is 266 g/mol. The fourth-order valence-electron chi connectivity index (χ4n) is 1.26. The summed E-state index contributed by atoms with van der Waals surface area (Å²) in [5, 5.41) is 15.3. The van der Waals surface area contributed by atoms with Crippen molar-refractivity contribution < 1.29 is 24.3 Å². The van der Waals surface area contributed by atoms with Gasteiger partial charge in [0.25, 0.3) is 0 Å². The van der Waals surface area contributed by atoms with Crippen LogP contribution in [0.1, 0.15) is 40.0 Å². The lowest BCUT2D eigenvalue weighted by Crippen LogP contribution is -2.48. The van der Waals surface area contributed by atoms with E-state index in [4.69, 9.17) is 5.11 Å². The van der Waals surface area contributed by atoms with Crippen molar-refractivity contribution in [3.63, 3.8) is 0 Å². The van der Waals surface area contributed by atoms with Gasteiger partial charge >= 0.3 is 12.0 Å². The molecule has 0 aliphatic carbocycles. The normalized spacial score (nSPS) is 10.6. The molecule has 8 nitrogen and oxygen atoms in total. The number of carbonyl (C=O) groups excluding carboxylic acids is 3. The summed E-state index contributed by atoms with van der Waals surface area (Å²) in [6, 6.07) is -0.783. The summed E-state index contributed by atoms with van der Waals surface area (Å²) in [7, 11) is 0. The van der Waals surface area contributed by atoms with E-state index in [2.05, 4.69) is 10.6 Å². The van der Waals surface area contributed by atoms with Gasteiger partial charge in [-0.25, -0.2) is 4.79 Å². The van der Waals surface area contributed by atoms with Gasteiger partial charge in [0.15, 0.2) is 0 Å². The predicted octanol–water partition coefficient (Wildman–Crippen LogP) is -0.0182. The summed E-state index contributed by atoms with van der Waals surface area (Å²) in [4.78, 5) is 44.2. The zero-order valence-electron chi connectivity index (χ0n) is 11.9. The Labute approximate surface area is 117 Å². The number of carbonyl (C=O) groups is 4. The van der Waals surface area contributed by atoms with Crippen LogP contribution in [0.4, 0.5) is 4.79 Å². The number of amides is 4. The minimum atomic E-state index is -0.999. The second-order valence-corrected chi connectivity index (χ2v) is 5.28. The highest BCUT2D eigenvalue weighted by molar-refractivity contribution is 5.95. The maximum absolute atomic E-state index is 11.4. The summed E-state index contributed by atoms with van der Waals surface area (Å²) in [5.41, 5.74) is -0.401. The molecule has 0 unspecified atom stereocenters. The van der Waals surface area contributed by atoms with Crippen LogP contribution in [0.3, 0.4) is 0 Å². The molecule has 0 rings (SSSR count). The summed E-state index contributed by atoms with van der Waals surface area (Å²) in [6.45, 7) is 5.16. The maximum Gasteiger partial charge on any atom is 0.321 e. The van der Waals surface area contributed by atoms with Crippen molar-refractivity contribution in [2.45, 2.75) is 45.6 Å². The highest BCUT2D eigenvalue weighted by Crippen LogP contribution is 1.97. The van der Waals surface area contributed by atoms with Crippen molar-refractivity contribution in [3.05, 3.63) is 0 Å². The third kappa shape index (κ3) is 11.0. The molecule has 0 aliphatic heterocycles. The van der Waals surface area contributed by atoms with Gasteiger partial charge in [-0.15, -0.1) is 0 Å². The first-order valence-corrected chi connectivity index (χ1v) is 6.20. The summed E-state index contributed by atoms with van der Waals surface area (Å²) < 4.78 is 0. The molecule has 0 aromatic heterocycles. The third-order valence-electron chi connectivity index (χ3n) is 1.97. The Morgan fingerprint density at radius 2 is 1.60 bits per heavy atom. The second kappa shape index (κ2) is 8.13. The molecule has 4 amide bonds. The Morgan fingerprint density at radius 3 is 2.10 bits per heavy atom. The lowest BCUT2D eigenvalue weighted by molar-refractivity contribution is -0.137. The number of hydrogen-bond donors (Lipinski definition) is 4. The van der Waals surface area contributed by atoms with E-state index in [1.807, 2.05) is 5.32 Å². The van der Waals surface area contributed by atoms with Crippen LogP contribution in [0.15, 0.2) is 0 Å². The van der Waals surface area contributed by atoms with Crippen molar-refractivity contribution in [2.75, 3.05) is 6.54 Å². The Bertz CT molecular complexity index is 387. The van der Waals surface area contributed by atoms with E-state index < -0.39 is 23.4 Å². The van der Waals surface area contributed by atoms with Gasteiger partial charge in [-0.2, -0.15) is 0 Å². The summed E-state index contributed by atoms with van der Waals surface area (Å²) in [6.07, 6.45) is -0.0457. The van der Waals surface area contributed by atoms with Gasteiger partial charge in [-0.05, 0) is 27.2 Å². The van der Waals surface area contributed by atoms with Crippen LogP contribution in [0, 0.1) is 0 Å². The van der Waals surface area contributed by atoms with Crippen molar-refractivity contribution in [3.8, 4) is 0 Å². The molecule has 20 heavy (non-hydrogen) atoms. The molecule has 0 aliphatic rings. The largest absolute Gasteiger partial charge is 0.481 e. The fourth-order valence-corrected chi connectivity index (χ4v) is 1.26. The first kappa shape index (κ1) is 17.9. The summed E-state index contributed by atoms with van der Waals surface area (Å²) in [5.74, 6) is -1.95. The number of rotatable bonds is 6. The molecule has 0 aromatic carbocycles. The number of imide groups is 1. The molecule has 0 fully saturated rings. The molecule has 114 valence electrons. The molecule has 0 saturated heterocycles. The lowest BCUT2D eigenvalue weighted by atomic mass is 10.1. The van der Waals surface area contributed by atoms with E-state index >= 15 is 0 Å². The lowest BCUT2D eigenvalue weighted by Gasteiger charge is -2.20. The van der Waals surface area contributed by atoms with Crippen LogP contribution in [0.5, 0.6) is 0 Å². The maximum atomic E-state index is 11.4. The molecule has 8 heteroatoms. The quantitative estimate of drug-likeness (QED) is 0.546. The van der Waals surface area contributed by atoms with Crippen molar-refractivity contribution in [1.29, 1.82) is 0 Å². The molecule has 0 aromatic rings. The minimum Gasteiger partial charge on any atom is -0.481 e. The number of nitrogens with one attached hydrogen (secondary N) is 3. The van der Waals surface area contributed by atoms with Gasteiger partial charge in [0.1, 0.15) is 0 Å². The topological polar surface area (TPSA) is 125 Å². The van der Waals surface area contributed by atoms with Crippen LogP contribution in [0.2, 0.25) is 0 Å². The average molecular weight is 287 g/mol. The number of urea groups is 1. The van der Waals surface area contributed by atoms with Gasteiger partial charge in [0.05, 0.1) is 6.54 Å². The average Bonchev–Trinajstić information content (AvgIpc) is 2.23. The van der Waals surface area contributed by atoms with Gasteiger partial charge in [0.2, 0.25) is 11.8 Å². The molecule has 0 atom stereocenters. The first-order chi connectivity index (χ1) is 9.10. The molecule has 0 bridgehead atoms. The molecule has 0 radical (unpaired) electrons. The van der Waals surface area contributed by atoms with Crippen molar-refractivity contribution in [2.24, 2.45) is 0 Å². The zero-order chi connectivity index (χ0) is 15.8. The fraction of sp³-hybridized carbons (Fsp3) is 0.667. The Morgan fingerprint density at radius 1 is 1.00 bits per heavy atom. The summed E-state index contributed by atoms with van der Waals surface area (Å²) >= 11 is 0. The Kier molecular flexibility index (Phi) is 7.27. The Hall–Kier alpha value is -2.12. The zero-order valence-corrected chi connectivity index (χ0v) is 11.9. The predicted molar refractivity (Wildman–Crippen MR) is 70.9 cm³/mol. The van der Waals surface area contributed by atoms with Crippen molar-refractivity contribution in [1.82, 2.24) is 16.0 Å². The number of carboxylic acid groups (broad SMARTS) is 1. The number of carboxylic acids is 1. The van der Waals surface area contributed by atoms with Crippen molar-refractivity contribution >= 4 is 23.8 Å². The molecular formula is C12H21N3O5. The van der Waals surface area contributed by atoms with E-state index in [0.717, 1.165) is 0 Å². The monoisotopic (exact) mass is 287 g/mol. The highest BCUT2D eigenvalue weighted by atomic mass is 16.4. The van der Waals surface area contributed by atoms with E-state index in [-0.39, 0.29) is 31.7 Å². The third-order valence-corrected chi connectivity index (χ3v) is 1.97. The van der Waals surface area contributed by atoms with E-state index in [1.165, 1.54) is 0 Å². The molecule has 0 spiro atoms. The van der Waals surface area contributed by atoms with E-state index in [9.17, 15) is 19.2 Å². The first-order valence-electron chi connectivity index (χ1n) is 6.20. The van der Waals surface area contributed by atoms with E-state index in [1.54, 1.807) is 20.8 Å². The SMILES string of the molecule is CC(C)(C)NC(=O)CNC(=O)NC(=O)CCCC(=O)O. The van der Waals surface area contributed by atoms with Crippen LogP contribution < -0.4 is 16.0 Å². The Balaban J connectivity index is 3.85.